The lowest BCUT2D eigenvalue weighted by Crippen LogP contribution is -2.26. The van der Waals surface area contributed by atoms with Crippen LogP contribution < -0.4 is 0 Å². The number of ether oxygens (including phenoxy) is 1. The summed E-state index contributed by atoms with van der Waals surface area (Å²) >= 11 is 0. The Kier molecular flexibility index (Phi) is 3.34. The van der Waals surface area contributed by atoms with E-state index in [4.69, 9.17) is 4.74 Å². The average Bonchev–Trinajstić information content (AvgIpc) is 1.93. The first-order chi connectivity index (χ1) is 5.18. The van der Waals surface area contributed by atoms with E-state index in [-0.39, 0.29) is 6.10 Å². The van der Waals surface area contributed by atoms with Gasteiger partial charge in [-0.3, -0.25) is 0 Å². The van der Waals surface area contributed by atoms with Gasteiger partial charge in [-0.15, -0.1) is 0 Å². The summed E-state index contributed by atoms with van der Waals surface area (Å²) in [5.41, 5.74) is 0. The van der Waals surface area contributed by atoms with Crippen LogP contribution in [0.5, 0.6) is 0 Å². The van der Waals surface area contributed by atoms with Gasteiger partial charge in [-0.25, -0.2) is 0 Å². The molecule has 0 heterocycles. The first-order valence-corrected chi connectivity index (χ1v) is 4.52. The van der Waals surface area contributed by atoms with E-state index in [2.05, 4.69) is 13.8 Å². The Labute approximate surface area is 68.6 Å². The molecule has 0 bridgehead atoms. The van der Waals surface area contributed by atoms with Gasteiger partial charge in [-0.05, 0) is 39.5 Å². The Bertz CT molecular complexity index is 104. The van der Waals surface area contributed by atoms with Crippen molar-refractivity contribution < 1.29 is 9.84 Å². The Balaban J connectivity index is 2.17. The zero-order chi connectivity index (χ0) is 8.27. The van der Waals surface area contributed by atoms with Gasteiger partial charge < -0.3 is 9.84 Å². The summed E-state index contributed by atoms with van der Waals surface area (Å²) < 4.78 is 5.63. The van der Waals surface area contributed by atoms with E-state index < -0.39 is 0 Å². The van der Waals surface area contributed by atoms with E-state index in [0.29, 0.717) is 12.2 Å². The Morgan fingerprint density at radius 2 is 1.73 bits per heavy atom. The van der Waals surface area contributed by atoms with E-state index in [1.807, 2.05) is 0 Å². The molecule has 0 aromatic carbocycles. The van der Waals surface area contributed by atoms with Crippen molar-refractivity contribution in [2.75, 3.05) is 0 Å². The fourth-order valence-corrected chi connectivity index (χ4v) is 1.57. The molecule has 0 radical (unpaired) electrons. The Hall–Kier alpha value is -0.0800. The fourth-order valence-electron chi connectivity index (χ4n) is 1.57. The van der Waals surface area contributed by atoms with Crippen LogP contribution in [0, 0.1) is 0 Å². The average molecular weight is 158 g/mol. The van der Waals surface area contributed by atoms with Crippen molar-refractivity contribution >= 4 is 0 Å². The normalized spacial score (nSPS) is 32.7. The van der Waals surface area contributed by atoms with Gasteiger partial charge in [0.05, 0.1) is 18.3 Å². The topological polar surface area (TPSA) is 29.5 Å². The second-order valence-electron chi connectivity index (χ2n) is 3.62. The molecule has 2 nitrogen and oxygen atoms in total. The molecule has 0 aromatic heterocycles. The van der Waals surface area contributed by atoms with Crippen LogP contribution in [-0.2, 0) is 4.74 Å². The van der Waals surface area contributed by atoms with Crippen LogP contribution in [0.2, 0.25) is 0 Å². The third-order valence-electron chi connectivity index (χ3n) is 2.11. The van der Waals surface area contributed by atoms with Crippen LogP contribution in [0.4, 0.5) is 0 Å². The first-order valence-electron chi connectivity index (χ1n) is 4.52. The molecule has 0 aromatic rings. The lowest BCUT2D eigenvalue weighted by Gasteiger charge is -2.26. The minimum Gasteiger partial charge on any atom is -0.393 e. The van der Waals surface area contributed by atoms with E-state index >= 15 is 0 Å². The maximum absolute atomic E-state index is 9.21. The SMILES string of the molecule is CC(C)O[C@H]1CC[C@H](O)CC1. The molecule has 0 atom stereocenters. The Morgan fingerprint density at radius 3 is 2.18 bits per heavy atom. The molecule has 0 aliphatic heterocycles. The van der Waals surface area contributed by atoms with Gasteiger partial charge in [0.15, 0.2) is 0 Å². The van der Waals surface area contributed by atoms with Crippen molar-refractivity contribution in [2.24, 2.45) is 0 Å². The molecule has 11 heavy (non-hydrogen) atoms. The molecular formula is C9H18O2. The molecule has 1 fully saturated rings. The van der Waals surface area contributed by atoms with Gasteiger partial charge in [-0.1, -0.05) is 0 Å². The summed E-state index contributed by atoms with van der Waals surface area (Å²) in [5, 5.41) is 9.21. The molecule has 2 heteroatoms. The summed E-state index contributed by atoms with van der Waals surface area (Å²) in [6.45, 7) is 4.12. The predicted octanol–water partition coefficient (Wildman–Crippen LogP) is 1.71. The van der Waals surface area contributed by atoms with Gasteiger partial charge in [0, 0.05) is 0 Å². The quantitative estimate of drug-likeness (QED) is 0.663. The summed E-state index contributed by atoms with van der Waals surface area (Å²) in [4.78, 5) is 0. The molecule has 1 rings (SSSR count). The first kappa shape index (κ1) is 9.01. The van der Waals surface area contributed by atoms with Crippen LogP contribution in [0.3, 0.4) is 0 Å². The summed E-state index contributed by atoms with van der Waals surface area (Å²) in [7, 11) is 0. The van der Waals surface area contributed by atoms with Crippen LogP contribution in [0.25, 0.3) is 0 Å². The number of aliphatic hydroxyl groups is 1. The molecule has 1 saturated carbocycles. The molecule has 1 aliphatic carbocycles. The van der Waals surface area contributed by atoms with E-state index in [9.17, 15) is 5.11 Å². The molecule has 0 unspecified atom stereocenters. The van der Waals surface area contributed by atoms with Gasteiger partial charge in [0.25, 0.3) is 0 Å². The highest BCUT2D eigenvalue weighted by molar-refractivity contribution is 4.71. The van der Waals surface area contributed by atoms with E-state index in [0.717, 1.165) is 25.7 Å². The second-order valence-corrected chi connectivity index (χ2v) is 3.62. The van der Waals surface area contributed by atoms with E-state index in [1.165, 1.54) is 0 Å². The smallest absolute Gasteiger partial charge is 0.0580 e. The van der Waals surface area contributed by atoms with Crippen molar-refractivity contribution in [3.63, 3.8) is 0 Å². The summed E-state index contributed by atoms with van der Waals surface area (Å²) in [5.74, 6) is 0. The van der Waals surface area contributed by atoms with Crippen molar-refractivity contribution in [3.8, 4) is 0 Å². The molecule has 1 aliphatic rings. The molecule has 0 spiro atoms. The minimum atomic E-state index is -0.0676. The van der Waals surface area contributed by atoms with Gasteiger partial charge in [0.2, 0.25) is 0 Å². The van der Waals surface area contributed by atoms with Gasteiger partial charge in [0.1, 0.15) is 0 Å². The lowest BCUT2D eigenvalue weighted by molar-refractivity contribution is -0.0335. The highest BCUT2D eigenvalue weighted by Gasteiger charge is 2.20. The predicted molar refractivity (Wildman–Crippen MR) is 44.5 cm³/mol. The van der Waals surface area contributed by atoms with Crippen molar-refractivity contribution in [1.82, 2.24) is 0 Å². The maximum atomic E-state index is 9.21. The number of hydrogen-bond donors (Lipinski definition) is 1. The molecule has 0 saturated heterocycles. The highest BCUT2D eigenvalue weighted by atomic mass is 16.5. The molecule has 1 N–H and O–H groups in total. The van der Waals surface area contributed by atoms with Crippen molar-refractivity contribution in [1.29, 1.82) is 0 Å². The van der Waals surface area contributed by atoms with Crippen LogP contribution in [0.15, 0.2) is 0 Å². The monoisotopic (exact) mass is 158 g/mol. The van der Waals surface area contributed by atoms with Crippen molar-refractivity contribution in [3.05, 3.63) is 0 Å². The van der Waals surface area contributed by atoms with Gasteiger partial charge >= 0.3 is 0 Å². The molecular weight excluding hydrogens is 140 g/mol. The molecule has 0 amide bonds. The zero-order valence-corrected chi connectivity index (χ0v) is 7.42. The van der Waals surface area contributed by atoms with Gasteiger partial charge in [-0.2, -0.15) is 0 Å². The maximum Gasteiger partial charge on any atom is 0.0580 e. The number of hydrogen-bond acceptors (Lipinski definition) is 2. The fraction of sp³-hybridized carbons (Fsp3) is 1.00. The number of aliphatic hydroxyl groups excluding tert-OH is 1. The van der Waals surface area contributed by atoms with Crippen molar-refractivity contribution in [2.45, 2.75) is 57.8 Å². The summed E-state index contributed by atoms with van der Waals surface area (Å²) in [6, 6.07) is 0. The number of rotatable bonds is 2. The Morgan fingerprint density at radius 1 is 1.18 bits per heavy atom. The second kappa shape index (κ2) is 4.07. The molecule has 66 valence electrons. The van der Waals surface area contributed by atoms with E-state index in [1.54, 1.807) is 0 Å². The minimum absolute atomic E-state index is 0.0676. The zero-order valence-electron chi connectivity index (χ0n) is 7.42. The third-order valence-corrected chi connectivity index (χ3v) is 2.11. The standard InChI is InChI=1S/C9H18O2/c1-7(2)11-9-5-3-8(10)4-6-9/h7-10H,3-6H2,1-2H3/t8-,9-. The third kappa shape index (κ3) is 3.21. The highest BCUT2D eigenvalue weighted by Crippen LogP contribution is 2.21. The van der Waals surface area contributed by atoms with Crippen LogP contribution in [0.1, 0.15) is 39.5 Å². The van der Waals surface area contributed by atoms with Crippen LogP contribution in [-0.4, -0.2) is 23.4 Å². The lowest BCUT2D eigenvalue weighted by atomic mass is 9.95. The summed E-state index contributed by atoms with van der Waals surface area (Å²) in [6.07, 6.45) is 4.55. The van der Waals surface area contributed by atoms with Crippen LogP contribution >= 0.6 is 0 Å². The largest absolute Gasteiger partial charge is 0.393 e.